The lowest BCUT2D eigenvalue weighted by atomic mass is 9.77. The summed E-state index contributed by atoms with van der Waals surface area (Å²) in [7, 11) is -0.451. The van der Waals surface area contributed by atoms with Gasteiger partial charge in [0, 0.05) is 5.46 Å². The fourth-order valence-corrected chi connectivity index (χ4v) is 2.97. The van der Waals surface area contributed by atoms with Crippen LogP contribution in [0.2, 0.25) is 0 Å². The van der Waals surface area contributed by atoms with Crippen molar-refractivity contribution < 1.29 is 14.0 Å². The maximum atomic E-state index is 6.21. The molecule has 3 rings (SSSR count). The van der Waals surface area contributed by atoms with Gasteiger partial charge in [-0.25, -0.2) is 0 Å². The van der Waals surface area contributed by atoms with E-state index in [9.17, 15) is 0 Å². The predicted octanol–water partition coefficient (Wildman–Crippen LogP) is 4.85. The SMILES string of the molecule is Cc1cccc(B2OC(C)(C)C(C)(C)O2)c1Oc1ccccc1Br. The lowest BCUT2D eigenvalue weighted by Gasteiger charge is -2.32. The molecule has 0 aromatic heterocycles. The molecule has 0 N–H and O–H groups in total. The third-order valence-corrected chi connectivity index (χ3v) is 5.45. The van der Waals surface area contributed by atoms with Gasteiger partial charge in [-0.2, -0.15) is 0 Å². The highest BCUT2D eigenvalue weighted by Gasteiger charge is 2.52. The number of hydrogen-bond acceptors (Lipinski definition) is 3. The van der Waals surface area contributed by atoms with Crippen LogP contribution in [0.15, 0.2) is 46.9 Å². The lowest BCUT2D eigenvalue weighted by Crippen LogP contribution is -2.41. The molecule has 0 unspecified atom stereocenters. The molecule has 0 amide bonds. The maximum absolute atomic E-state index is 6.21. The van der Waals surface area contributed by atoms with E-state index in [0.717, 1.165) is 27.0 Å². The second-order valence-corrected chi connectivity index (χ2v) is 7.97. The number of hydrogen-bond donors (Lipinski definition) is 0. The summed E-state index contributed by atoms with van der Waals surface area (Å²) in [6.07, 6.45) is 0. The predicted molar refractivity (Wildman–Crippen MR) is 101 cm³/mol. The molecule has 1 saturated heterocycles. The van der Waals surface area contributed by atoms with Crippen LogP contribution in [0.5, 0.6) is 11.5 Å². The summed E-state index contributed by atoms with van der Waals surface area (Å²) in [5, 5.41) is 0. The van der Waals surface area contributed by atoms with Gasteiger partial charge in [0.1, 0.15) is 11.5 Å². The smallest absolute Gasteiger partial charge is 0.456 e. The molecule has 0 spiro atoms. The van der Waals surface area contributed by atoms with Crippen LogP contribution in [-0.4, -0.2) is 18.3 Å². The van der Waals surface area contributed by atoms with E-state index in [-0.39, 0.29) is 11.2 Å². The molecule has 1 fully saturated rings. The van der Waals surface area contributed by atoms with E-state index in [1.54, 1.807) is 0 Å². The van der Waals surface area contributed by atoms with Crippen molar-refractivity contribution in [1.82, 2.24) is 0 Å². The molecule has 5 heteroatoms. The normalized spacial score (nSPS) is 18.7. The van der Waals surface area contributed by atoms with Crippen LogP contribution in [0.1, 0.15) is 33.3 Å². The Morgan fingerprint density at radius 2 is 1.54 bits per heavy atom. The largest absolute Gasteiger partial charge is 0.498 e. The molecule has 0 radical (unpaired) electrons. The van der Waals surface area contributed by atoms with E-state index in [1.165, 1.54) is 0 Å². The topological polar surface area (TPSA) is 27.7 Å². The zero-order valence-electron chi connectivity index (χ0n) is 14.7. The summed E-state index contributed by atoms with van der Waals surface area (Å²) < 4.78 is 19.5. The fraction of sp³-hybridized carbons (Fsp3) is 0.368. The number of rotatable bonds is 3. The minimum absolute atomic E-state index is 0.383. The number of para-hydroxylation sites is 2. The summed E-state index contributed by atoms with van der Waals surface area (Å²) in [5.74, 6) is 1.55. The first-order chi connectivity index (χ1) is 11.2. The highest BCUT2D eigenvalue weighted by Crippen LogP contribution is 2.38. The molecular formula is C19H22BBrO3. The summed E-state index contributed by atoms with van der Waals surface area (Å²) in [5.41, 5.74) is 1.18. The molecular weight excluding hydrogens is 367 g/mol. The van der Waals surface area contributed by atoms with E-state index >= 15 is 0 Å². The van der Waals surface area contributed by atoms with E-state index in [2.05, 4.69) is 43.6 Å². The van der Waals surface area contributed by atoms with Gasteiger partial charge in [0.15, 0.2) is 0 Å². The number of halogens is 1. The van der Waals surface area contributed by atoms with Crippen LogP contribution in [0.25, 0.3) is 0 Å². The lowest BCUT2D eigenvalue weighted by molar-refractivity contribution is 0.00578. The van der Waals surface area contributed by atoms with E-state index in [1.807, 2.05) is 49.4 Å². The van der Waals surface area contributed by atoms with Crippen molar-refractivity contribution in [2.75, 3.05) is 0 Å². The van der Waals surface area contributed by atoms with Crippen molar-refractivity contribution in [3.05, 3.63) is 52.5 Å². The second-order valence-electron chi connectivity index (χ2n) is 7.11. The Labute approximate surface area is 152 Å². The minimum Gasteiger partial charge on any atom is -0.456 e. The van der Waals surface area contributed by atoms with Crippen LogP contribution in [0, 0.1) is 6.92 Å². The Hall–Kier alpha value is -1.30. The molecule has 3 nitrogen and oxygen atoms in total. The fourth-order valence-electron chi connectivity index (χ4n) is 2.61. The van der Waals surface area contributed by atoms with E-state index in [4.69, 9.17) is 14.0 Å². The highest BCUT2D eigenvalue weighted by molar-refractivity contribution is 9.10. The van der Waals surface area contributed by atoms with Gasteiger partial charge in [0.25, 0.3) is 0 Å². The summed E-state index contributed by atoms with van der Waals surface area (Å²) in [6.45, 7) is 10.2. The molecule has 2 aromatic rings. The van der Waals surface area contributed by atoms with Gasteiger partial charge in [-0.3, -0.25) is 0 Å². The van der Waals surface area contributed by atoms with E-state index < -0.39 is 7.12 Å². The molecule has 0 saturated carbocycles. The van der Waals surface area contributed by atoms with Gasteiger partial charge in [-0.1, -0.05) is 30.3 Å². The Morgan fingerprint density at radius 1 is 0.917 bits per heavy atom. The summed E-state index contributed by atoms with van der Waals surface area (Å²) in [4.78, 5) is 0. The third-order valence-electron chi connectivity index (χ3n) is 4.80. The van der Waals surface area contributed by atoms with Crippen molar-refractivity contribution in [3.63, 3.8) is 0 Å². The maximum Gasteiger partial charge on any atom is 0.498 e. The van der Waals surface area contributed by atoms with Crippen LogP contribution in [0.3, 0.4) is 0 Å². The standard InChI is InChI=1S/C19H22BBrO3/c1-13-9-8-10-14(20-23-18(2,3)19(4,5)24-20)17(13)22-16-12-7-6-11-15(16)21/h6-12H,1-5H3. The molecule has 1 aliphatic rings. The molecule has 1 aliphatic heterocycles. The van der Waals surface area contributed by atoms with Gasteiger partial charge >= 0.3 is 7.12 Å². The van der Waals surface area contributed by atoms with Crippen molar-refractivity contribution in [3.8, 4) is 11.5 Å². The van der Waals surface area contributed by atoms with Crippen LogP contribution in [0.4, 0.5) is 0 Å². The van der Waals surface area contributed by atoms with Crippen molar-refractivity contribution in [1.29, 1.82) is 0 Å². The van der Waals surface area contributed by atoms with Gasteiger partial charge in [0.05, 0.1) is 15.7 Å². The van der Waals surface area contributed by atoms with Crippen LogP contribution in [-0.2, 0) is 9.31 Å². The number of ether oxygens (including phenoxy) is 1. The summed E-state index contributed by atoms with van der Waals surface area (Å²) in [6, 6.07) is 13.8. The van der Waals surface area contributed by atoms with Crippen molar-refractivity contribution in [2.45, 2.75) is 45.8 Å². The molecule has 0 atom stereocenters. The number of aryl methyl sites for hydroxylation is 1. The van der Waals surface area contributed by atoms with Gasteiger partial charge in [-0.05, 0) is 68.2 Å². The molecule has 1 heterocycles. The van der Waals surface area contributed by atoms with Gasteiger partial charge < -0.3 is 14.0 Å². The first-order valence-corrected chi connectivity index (χ1v) is 8.88. The summed E-state index contributed by atoms with van der Waals surface area (Å²) >= 11 is 3.54. The average molecular weight is 389 g/mol. The minimum atomic E-state index is -0.451. The van der Waals surface area contributed by atoms with Crippen LogP contribution < -0.4 is 10.2 Å². The monoisotopic (exact) mass is 388 g/mol. The number of benzene rings is 2. The quantitative estimate of drug-likeness (QED) is 0.703. The second kappa shape index (κ2) is 6.21. The molecule has 126 valence electrons. The Bertz CT molecular complexity index is 742. The van der Waals surface area contributed by atoms with E-state index in [0.29, 0.717) is 0 Å². The van der Waals surface area contributed by atoms with Gasteiger partial charge in [-0.15, -0.1) is 0 Å². The average Bonchev–Trinajstić information content (AvgIpc) is 2.71. The Morgan fingerprint density at radius 3 is 2.17 bits per heavy atom. The first kappa shape index (κ1) is 17.5. The van der Waals surface area contributed by atoms with Gasteiger partial charge in [0.2, 0.25) is 0 Å². The Kier molecular flexibility index (Phi) is 4.54. The van der Waals surface area contributed by atoms with Crippen molar-refractivity contribution >= 4 is 28.5 Å². The molecule has 0 bridgehead atoms. The van der Waals surface area contributed by atoms with Crippen molar-refractivity contribution in [2.24, 2.45) is 0 Å². The molecule has 0 aliphatic carbocycles. The Balaban J connectivity index is 1.99. The van der Waals surface area contributed by atoms with Crippen LogP contribution >= 0.6 is 15.9 Å². The zero-order chi connectivity index (χ0) is 17.5. The molecule has 24 heavy (non-hydrogen) atoms. The zero-order valence-corrected chi connectivity index (χ0v) is 16.3. The third kappa shape index (κ3) is 3.13. The highest BCUT2D eigenvalue weighted by atomic mass is 79.9. The molecule has 2 aromatic carbocycles. The first-order valence-electron chi connectivity index (χ1n) is 8.09.